The summed E-state index contributed by atoms with van der Waals surface area (Å²) in [6, 6.07) is 14.7. The van der Waals surface area contributed by atoms with Crippen molar-refractivity contribution in [2.75, 3.05) is 0 Å². The number of pyridine rings is 1. The fourth-order valence-electron chi connectivity index (χ4n) is 3.40. The lowest BCUT2D eigenvalue weighted by molar-refractivity contribution is -0.137. The highest BCUT2D eigenvalue weighted by Gasteiger charge is 2.44. The summed E-state index contributed by atoms with van der Waals surface area (Å²) in [5.74, 6) is -0.282. The van der Waals surface area contributed by atoms with Gasteiger partial charge in [0, 0.05) is 24.0 Å². The molecule has 3 nitrogen and oxygen atoms in total. The van der Waals surface area contributed by atoms with E-state index in [0.717, 1.165) is 34.2 Å². The number of halogens is 3. The maximum absolute atomic E-state index is 12.6. The molecule has 1 amide bonds. The number of rotatable bonds is 4. The zero-order chi connectivity index (χ0) is 19.0. The molecule has 0 unspecified atom stereocenters. The van der Waals surface area contributed by atoms with E-state index in [9.17, 15) is 18.0 Å². The van der Waals surface area contributed by atoms with E-state index in [4.69, 9.17) is 0 Å². The first kappa shape index (κ1) is 17.5. The lowest BCUT2D eigenvalue weighted by Crippen LogP contribution is -2.25. The average molecular weight is 370 g/mol. The number of amides is 1. The van der Waals surface area contributed by atoms with Crippen LogP contribution in [0, 0.1) is 5.92 Å². The predicted octanol–water partition coefficient (Wildman–Crippen LogP) is 4.67. The quantitative estimate of drug-likeness (QED) is 0.725. The third-order valence-corrected chi connectivity index (χ3v) is 4.96. The Balaban J connectivity index is 1.39. The van der Waals surface area contributed by atoms with E-state index in [1.807, 2.05) is 30.3 Å². The number of carbonyl (C=O) groups is 1. The van der Waals surface area contributed by atoms with Crippen molar-refractivity contribution in [1.82, 2.24) is 10.3 Å². The molecular formula is C21H17F3N2O. The Hall–Kier alpha value is -2.89. The van der Waals surface area contributed by atoms with Gasteiger partial charge in [-0.1, -0.05) is 36.4 Å². The summed E-state index contributed by atoms with van der Waals surface area (Å²) in [6.07, 6.45) is -1.97. The number of nitrogens with zero attached hydrogens (tertiary/aromatic N) is 1. The molecular weight excluding hydrogens is 353 g/mol. The Morgan fingerprint density at radius 1 is 1.07 bits per heavy atom. The van der Waals surface area contributed by atoms with Crippen LogP contribution in [0.2, 0.25) is 0 Å². The van der Waals surface area contributed by atoms with Crippen LogP contribution >= 0.6 is 0 Å². The van der Waals surface area contributed by atoms with Crippen LogP contribution in [0.1, 0.15) is 29.0 Å². The van der Waals surface area contributed by atoms with Gasteiger partial charge in [0.05, 0.1) is 11.1 Å². The number of fused-ring (bicyclic) bond motifs is 1. The second kappa shape index (κ2) is 6.68. The molecule has 1 aliphatic rings. The van der Waals surface area contributed by atoms with Crippen LogP contribution in [-0.2, 0) is 17.5 Å². The van der Waals surface area contributed by atoms with Crippen molar-refractivity contribution in [2.24, 2.45) is 5.92 Å². The molecule has 0 radical (unpaired) electrons. The first-order valence-corrected chi connectivity index (χ1v) is 8.71. The van der Waals surface area contributed by atoms with Gasteiger partial charge in [0.1, 0.15) is 0 Å². The largest absolute Gasteiger partial charge is 0.416 e. The smallest absolute Gasteiger partial charge is 0.352 e. The molecule has 1 heterocycles. The van der Waals surface area contributed by atoms with Crippen LogP contribution in [-0.4, -0.2) is 10.9 Å². The highest BCUT2D eigenvalue weighted by molar-refractivity contribution is 5.85. The molecule has 2 aromatic carbocycles. The van der Waals surface area contributed by atoms with Crippen LogP contribution in [0.4, 0.5) is 13.2 Å². The molecule has 2 atom stereocenters. The number of nitrogens with one attached hydrogen (secondary N) is 1. The second-order valence-electron chi connectivity index (χ2n) is 6.78. The Labute approximate surface area is 154 Å². The summed E-state index contributed by atoms with van der Waals surface area (Å²) in [6.45, 7) is 0.378. The second-order valence-corrected chi connectivity index (χ2v) is 6.78. The number of alkyl halides is 3. The summed E-state index contributed by atoms with van der Waals surface area (Å²) < 4.78 is 37.9. The molecule has 0 spiro atoms. The molecule has 3 aromatic rings. The van der Waals surface area contributed by atoms with Crippen LogP contribution < -0.4 is 5.32 Å². The minimum atomic E-state index is -4.34. The fourth-order valence-corrected chi connectivity index (χ4v) is 3.40. The van der Waals surface area contributed by atoms with Crippen LogP contribution in [0.5, 0.6) is 0 Å². The Morgan fingerprint density at radius 3 is 2.56 bits per heavy atom. The average Bonchev–Trinajstić information content (AvgIpc) is 3.46. The number of hydrogen-bond donors (Lipinski definition) is 1. The van der Waals surface area contributed by atoms with E-state index >= 15 is 0 Å². The normalized spacial score (nSPS) is 19.1. The van der Waals surface area contributed by atoms with E-state index in [1.165, 1.54) is 12.1 Å². The van der Waals surface area contributed by atoms with Crippen LogP contribution in [0.15, 0.2) is 60.8 Å². The van der Waals surface area contributed by atoms with Crippen molar-refractivity contribution in [3.63, 3.8) is 0 Å². The van der Waals surface area contributed by atoms with Crippen LogP contribution in [0.3, 0.4) is 0 Å². The summed E-state index contributed by atoms with van der Waals surface area (Å²) in [5, 5.41) is 3.94. The number of para-hydroxylation sites is 1. The molecule has 1 aromatic heterocycles. The highest BCUT2D eigenvalue weighted by Crippen LogP contribution is 2.48. The Morgan fingerprint density at radius 2 is 1.81 bits per heavy atom. The standard InChI is InChI=1S/C21H17F3N2O/c22-21(23,24)16-8-6-13(7-9-16)17-11-18(17)20(27)26-12-15-4-1-3-14-5-2-10-25-19(14)15/h1-10,17-18H,11-12H2,(H,26,27)/t17-,18+/m1/s1. The monoisotopic (exact) mass is 370 g/mol. The molecule has 1 aliphatic carbocycles. The first-order chi connectivity index (χ1) is 12.9. The molecule has 138 valence electrons. The van der Waals surface area contributed by atoms with Gasteiger partial charge in [-0.2, -0.15) is 13.2 Å². The maximum atomic E-state index is 12.6. The number of benzene rings is 2. The lowest BCUT2D eigenvalue weighted by Gasteiger charge is -2.09. The Bertz CT molecular complexity index is 977. The molecule has 1 saturated carbocycles. The lowest BCUT2D eigenvalue weighted by atomic mass is 10.1. The number of carbonyl (C=O) groups excluding carboxylic acids is 1. The molecule has 0 saturated heterocycles. The fraction of sp³-hybridized carbons (Fsp3) is 0.238. The van der Waals surface area contributed by atoms with E-state index in [1.54, 1.807) is 6.20 Å². The van der Waals surface area contributed by atoms with Gasteiger partial charge in [-0.3, -0.25) is 9.78 Å². The van der Waals surface area contributed by atoms with Gasteiger partial charge in [-0.05, 0) is 41.7 Å². The first-order valence-electron chi connectivity index (χ1n) is 8.71. The van der Waals surface area contributed by atoms with Gasteiger partial charge < -0.3 is 5.32 Å². The highest BCUT2D eigenvalue weighted by atomic mass is 19.4. The van der Waals surface area contributed by atoms with Crippen LogP contribution in [0.25, 0.3) is 10.9 Å². The summed E-state index contributed by atoms with van der Waals surface area (Å²) in [4.78, 5) is 16.8. The van der Waals surface area contributed by atoms with Gasteiger partial charge in [0.25, 0.3) is 0 Å². The van der Waals surface area contributed by atoms with Gasteiger partial charge in [-0.15, -0.1) is 0 Å². The van der Waals surface area contributed by atoms with Gasteiger partial charge in [0.15, 0.2) is 0 Å². The van der Waals surface area contributed by atoms with E-state index in [0.29, 0.717) is 13.0 Å². The van der Waals surface area contributed by atoms with Crippen molar-refractivity contribution in [1.29, 1.82) is 0 Å². The molecule has 1 fully saturated rings. The summed E-state index contributed by atoms with van der Waals surface area (Å²) >= 11 is 0. The third-order valence-electron chi connectivity index (χ3n) is 4.96. The minimum absolute atomic E-state index is 0.0158. The Kier molecular flexibility index (Phi) is 4.34. The SMILES string of the molecule is O=C(NCc1cccc2cccnc12)[C@H]1C[C@@H]1c1ccc(C(F)(F)F)cc1. The van der Waals surface area contributed by atoms with Crippen molar-refractivity contribution in [3.8, 4) is 0 Å². The van der Waals surface area contributed by atoms with Crippen molar-refractivity contribution < 1.29 is 18.0 Å². The minimum Gasteiger partial charge on any atom is -0.352 e. The molecule has 27 heavy (non-hydrogen) atoms. The summed E-state index contributed by atoms with van der Waals surface area (Å²) in [7, 11) is 0. The molecule has 4 rings (SSSR count). The van der Waals surface area contributed by atoms with E-state index in [2.05, 4.69) is 10.3 Å². The van der Waals surface area contributed by atoms with Crippen molar-refractivity contribution in [3.05, 3.63) is 77.5 Å². The van der Waals surface area contributed by atoms with E-state index in [-0.39, 0.29) is 17.7 Å². The molecule has 1 N–H and O–H groups in total. The maximum Gasteiger partial charge on any atom is 0.416 e. The molecule has 0 aliphatic heterocycles. The zero-order valence-corrected chi connectivity index (χ0v) is 14.3. The van der Waals surface area contributed by atoms with Gasteiger partial charge >= 0.3 is 6.18 Å². The topological polar surface area (TPSA) is 42.0 Å². The van der Waals surface area contributed by atoms with Gasteiger partial charge in [0.2, 0.25) is 5.91 Å². The zero-order valence-electron chi connectivity index (χ0n) is 14.3. The molecule has 6 heteroatoms. The third kappa shape index (κ3) is 3.65. The number of aromatic nitrogens is 1. The predicted molar refractivity (Wildman–Crippen MR) is 95.9 cm³/mol. The van der Waals surface area contributed by atoms with Crippen molar-refractivity contribution in [2.45, 2.75) is 25.1 Å². The summed E-state index contributed by atoms with van der Waals surface area (Å²) in [5.41, 5.74) is 1.90. The van der Waals surface area contributed by atoms with Crippen molar-refractivity contribution >= 4 is 16.8 Å². The van der Waals surface area contributed by atoms with E-state index < -0.39 is 11.7 Å². The molecule has 0 bridgehead atoms. The number of hydrogen-bond acceptors (Lipinski definition) is 2. The van der Waals surface area contributed by atoms with Gasteiger partial charge in [-0.25, -0.2) is 0 Å².